The number of rotatable bonds is 6. The van der Waals surface area contributed by atoms with Crippen molar-refractivity contribution in [2.75, 3.05) is 17.2 Å². The van der Waals surface area contributed by atoms with Crippen LogP contribution < -0.4 is 16.0 Å². The monoisotopic (exact) mass is 401 g/mol. The summed E-state index contributed by atoms with van der Waals surface area (Å²) in [5.74, 6) is -1.21. The minimum atomic E-state index is -0.680. The summed E-state index contributed by atoms with van der Waals surface area (Å²) in [5.41, 5.74) is 0.670. The molecular weight excluding hydrogens is 377 g/mol. The Kier molecular flexibility index (Phi) is 7.30. The van der Waals surface area contributed by atoms with Crippen molar-refractivity contribution in [2.24, 2.45) is 0 Å². The molecule has 0 bridgehead atoms. The van der Waals surface area contributed by atoms with E-state index in [4.69, 9.17) is 4.74 Å². The van der Waals surface area contributed by atoms with Gasteiger partial charge in [0.1, 0.15) is 18.0 Å². The molecule has 2 rings (SSSR count). The maximum atomic E-state index is 13.6. The van der Waals surface area contributed by atoms with Gasteiger partial charge in [0.15, 0.2) is 0 Å². The standard InChI is InChI=1S/C21H24FN3O4/c1-21(2,3)29-20(28)23-13-19(27)25-16-10-8-15(9-11-16)24-18(26)12-14-6-4-5-7-17(14)22/h4-11H,12-13H2,1-3H3,(H,23,28)(H,24,26)(H,25,27). The molecule has 0 fully saturated rings. The van der Waals surface area contributed by atoms with Gasteiger partial charge in [-0.05, 0) is 56.7 Å². The van der Waals surface area contributed by atoms with E-state index in [9.17, 15) is 18.8 Å². The van der Waals surface area contributed by atoms with Crippen LogP contribution in [0.2, 0.25) is 0 Å². The number of ether oxygens (including phenoxy) is 1. The minimum absolute atomic E-state index is 0.0818. The third-order valence-corrected chi connectivity index (χ3v) is 3.55. The van der Waals surface area contributed by atoms with Gasteiger partial charge in [-0.15, -0.1) is 0 Å². The zero-order chi connectivity index (χ0) is 21.4. The first-order chi connectivity index (χ1) is 13.6. The molecule has 2 aromatic carbocycles. The topological polar surface area (TPSA) is 96.5 Å². The number of anilines is 2. The van der Waals surface area contributed by atoms with Crippen LogP contribution in [0.25, 0.3) is 0 Å². The summed E-state index contributed by atoms with van der Waals surface area (Å²) in [7, 11) is 0. The number of benzene rings is 2. The van der Waals surface area contributed by atoms with Crippen molar-refractivity contribution in [1.29, 1.82) is 0 Å². The van der Waals surface area contributed by atoms with Crippen LogP contribution in [0.1, 0.15) is 26.3 Å². The molecular formula is C21H24FN3O4. The smallest absolute Gasteiger partial charge is 0.408 e. The highest BCUT2D eigenvalue weighted by atomic mass is 19.1. The summed E-state index contributed by atoms with van der Waals surface area (Å²) >= 11 is 0. The molecule has 3 N–H and O–H groups in total. The Hall–Kier alpha value is -3.42. The summed E-state index contributed by atoms with van der Waals surface area (Å²) < 4.78 is 18.6. The second-order valence-electron chi connectivity index (χ2n) is 7.30. The van der Waals surface area contributed by atoms with Crippen LogP contribution in [-0.2, 0) is 20.7 Å². The zero-order valence-electron chi connectivity index (χ0n) is 16.5. The Balaban J connectivity index is 1.80. The number of amides is 3. The summed E-state index contributed by atoms with van der Waals surface area (Å²) in [6.45, 7) is 4.94. The van der Waals surface area contributed by atoms with Crippen LogP contribution in [-0.4, -0.2) is 30.1 Å². The second-order valence-corrected chi connectivity index (χ2v) is 7.30. The second kappa shape index (κ2) is 9.68. The fraction of sp³-hybridized carbons (Fsp3) is 0.286. The van der Waals surface area contributed by atoms with Crippen LogP contribution in [0.5, 0.6) is 0 Å². The van der Waals surface area contributed by atoms with Crippen molar-refractivity contribution in [1.82, 2.24) is 5.32 Å². The SMILES string of the molecule is CC(C)(C)OC(=O)NCC(=O)Nc1ccc(NC(=O)Cc2ccccc2F)cc1. The van der Waals surface area contributed by atoms with E-state index in [-0.39, 0.29) is 18.9 Å². The molecule has 0 atom stereocenters. The van der Waals surface area contributed by atoms with E-state index in [2.05, 4.69) is 16.0 Å². The average Bonchev–Trinajstić information content (AvgIpc) is 2.62. The third-order valence-electron chi connectivity index (χ3n) is 3.55. The molecule has 0 unspecified atom stereocenters. The number of hydrogen-bond acceptors (Lipinski definition) is 4. The maximum Gasteiger partial charge on any atom is 0.408 e. The first-order valence-corrected chi connectivity index (χ1v) is 9.02. The van der Waals surface area contributed by atoms with E-state index >= 15 is 0 Å². The third kappa shape index (κ3) is 8.00. The van der Waals surface area contributed by atoms with E-state index < -0.39 is 23.4 Å². The summed E-state index contributed by atoms with van der Waals surface area (Å²) in [4.78, 5) is 35.5. The molecule has 3 amide bonds. The predicted molar refractivity (Wildman–Crippen MR) is 108 cm³/mol. The van der Waals surface area contributed by atoms with Gasteiger partial charge < -0.3 is 20.7 Å². The van der Waals surface area contributed by atoms with E-state index in [1.165, 1.54) is 6.07 Å². The van der Waals surface area contributed by atoms with Gasteiger partial charge in [-0.3, -0.25) is 9.59 Å². The molecule has 0 aromatic heterocycles. The number of halogens is 1. The normalized spacial score (nSPS) is 10.8. The van der Waals surface area contributed by atoms with Gasteiger partial charge in [0.25, 0.3) is 0 Å². The Bertz CT molecular complexity index is 876. The van der Waals surface area contributed by atoms with Crippen LogP contribution in [0.4, 0.5) is 20.6 Å². The highest BCUT2D eigenvalue weighted by molar-refractivity contribution is 5.95. The molecule has 8 heteroatoms. The van der Waals surface area contributed by atoms with Crippen molar-refractivity contribution in [3.8, 4) is 0 Å². The average molecular weight is 401 g/mol. The van der Waals surface area contributed by atoms with Crippen molar-refractivity contribution in [3.05, 3.63) is 59.9 Å². The minimum Gasteiger partial charge on any atom is -0.444 e. The Labute approximate surface area is 168 Å². The van der Waals surface area contributed by atoms with Crippen LogP contribution in [0.3, 0.4) is 0 Å². The fourth-order valence-electron chi connectivity index (χ4n) is 2.33. The first-order valence-electron chi connectivity index (χ1n) is 9.02. The summed E-state index contributed by atoms with van der Waals surface area (Å²) in [6.07, 6.45) is -0.762. The number of carbonyl (C=O) groups excluding carboxylic acids is 3. The van der Waals surface area contributed by atoms with Gasteiger partial charge in [-0.1, -0.05) is 18.2 Å². The van der Waals surface area contributed by atoms with E-state index in [1.54, 1.807) is 63.2 Å². The van der Waals surface area contributed by atoms with Crippen molar-refractivity contribution < 1.29 is 23.5 Å². The van der Waals surface area contributed by atoms with Gasteiger partial charge in [0.2, 0.25) is 11.8 Å². The molecule has 154 valence electrons. The highest BCUT2D eigenvalue weighted by Gasteiger charge is 2.16. The number of alkyl carbamates (subject to hydrolysis) is 1. The predicted octanol–water partition coefficient (Wildman–Crippen LogP) is 3.47. The lowest BCUT2D eigenvalue weighted by Gasteiger charge is -2.19. The lowest BCUT2D eigenvalue weighted by atomic mass is 10.1. The molecule has 7 nitrogen and oxygen atoms in total. The van der Waals surface area contributed by atoms with Crippen LogP contribution >= 0.6 is 0 Å². The molecule has 0 saturated carbocycles. The fourth-order valence-corrected chi connectivity index (χ4v) is 2.33. The van der Waals surface area contributed by atoms with E-state index in [0.29, 0.717) is 16.9 Å². The molecule has 0 heterocycles. The molecule has 0 aliphatic carbocycles. The molecule has 0 saturated heterocycles. The zero-order valence-corrected chi connectivity index (χ0v) is 16.5. The Morgan fingerprint density at radius 2 is 1.45 bits per heavy atom. The number of nitrogens with one attached hydrogen (secondary N) is 3. The molecule has 29 heavy (non-hydrogen) atoms. The number of carbonyl (C=O) groups is 3. The first kappa shape index (κ1) is 21.9. The molecule has 0 radical (unpaired) electrons. The lowest BCUT2D eigenvalue weighted by molar-refractivity contribution is -0.116. The van der Waals surface area contributed by atoms with Crippen LogP contribution in [0, 0.1) is 5.82 Å². The lowest BCUT2D eigenvalue weighted by Crippen LogP contribution is -2.37. The van der Waals surface area contributed by atoms with Crippen molar-refractivity contribution >= 4 is 29.3 Å². The molecule has 0 aliphatic heterocycles. The largest absolute Gasteiger partial charge is 0.444 e. The van der Waals surface area contributed by atoms with Gasteiger partial charge in [-0.25, -0.2) is 9.18 Å². The van der Waals surface area contributed by atoms with Crippen molar-refractivity contribution in [2.45, 2.75) is 32.8 Å². The highest BCUT2D eigenvalue weighted by Crippen LogP contribution is 2.15. The summed E-state index contributed by atoms with van der Waals surface area (Å²) in [5, 5.41) is 7.65. The molecule has 0 spiro atoms. The molecule has 0 aliphatic rings. The number of hydrogen-bond donors (Lipinski definition) is 3. The Morgan fingerprint density at radius 3 is 2.00 bits per heavy atom. The van der Waals surface area contributed by atoms with Gasteiger partial charge in [-0.2, -0.15) is 0 Å². The summed E-state index contributed by atoms with van der Waals surface area (Å²) in [6, 6.07) is 12.5. The van der Waals surface area contributed by atoms with Gasteiger partial charge in [0, 0.05) is 11.4 Å². The Morgan fingerprint density at radius 1 is 0.897 bits per heavy atom. The van der Waals surface area contributed by atoms with E-state index in [1.807, 2.05) is 0 Å². The van der Waals surface area contributed by atoms with Crippen LogP contribution in [0.15, 0.2) is 48.5 Å². The quantitative estimate of drug-likeness (QED) is 0.691. The van der Waals surface area contributed by atoms with Gasteiger partial charge >= 0.3 is 6.09 Å². The van der Waals surface area contributed by atoms with Gasteiger partial charge in [0.05, 0.1) is 6.42 Å². The maximum absolute atomic E-state index is 13.6. The van der Waals surface area contributed by atoms with E-state index in [0.717, 1.165) is 0 Å². The molecule has 2 aromatic rings. The van der Waals surface area contributed by atoms with Crippen molar-refractivity contribution in [3.63, 3.8) is 0 Å².